The van der Waals surface area contributed by atoms with Gasteiger partial charge in [0.2, 0.25) is 5.91 Å². The van der Waals surface area contributed by atoms with E-state index in [1.165, 1.54) is 12.3 Å². The number of aromatic amines is 1. The van der Waals surface area contributed by atoms with E-state index in [4.69, 9.17) is 4.74 Å². The number of H-pyrrole nitrogens is 1. The largest absolute Gasteiger partial charge is 0.384 e. The van der Waals surface area contributed by atoms with Crippen molar-refractivity contribution < 1.29 is 19.4 Å². The van der Waals surface area contributed by atoms with Gasteiger partial charge in [-0.25, -0.2) is 0 Å². The molecule has 3 N–H and O–H groups in total. The molecule has 1 aliphatic heterocycles. The highest BCUT2D eigenvalue weighted by molar-refractivity contribution is 5.92. The minimum atomic E-state index is -1.35. The zero-order valence-corrected chi connectivity index (χ0v) is 14.9. The third-order valence-electron chi connectivity index (χ3n) is 4.39. The lowest BCUT2D eigenvalue weighted by Crippen LogP contribution is -2.53. The number of pyridine rings is 1. The van der Waals surface area contributed by atoms with Gasteiger partial charge in [-0.2, -0.15) is 5.10 Å². The van der Waals surface area contributed by atoms with Crippen LogP contribution in [0.4, 0.5) is 0 Å². The van der Waals surface area contributed by atoms with Crippen LogP contribution in [0.3, 0.4) is 0 Å². The first-order valence-corrected chi connectivity index (χ1v) is 8.80. The van der Waals surface area contributed by atoms with Crippen LogP contribution in [0.1, 0.15) is 22.5 Å². The molecule has 1 saturated heterocycles. The third-order valence-corrected chi connectivity index (χ3v) is 4.39. The molecule has 0 unspecified atom stereocenters. The number of β-amino-alcohol motifs (C(OH)–C–C–N with tert-alkyl or cyclic N) is 1. The van der Waals surface area contributed by atoms with Gasteiger partial charge in [0.05, 0.1) is 26.3 Å². The van der Waals surface area contributed by atoms with E-state index >= 15 is 0 Å². The third kappa shape index (κ3) is 5.35. The number of rotatable bonds is 6. The Hall–Kier alpha value is -2.78. The second-order valence-corrected chi connectivity index (χ2v) is 6.61. The van der Waals surface area contributed by atoms with Gasteiger partial charge in [0.25, 0.3) is 5.91 Å². The summed E-state index contributed by atoms with van der Waals surface area (Å²) in [6.07, 6.45) is 5.80. The summed E-state index contributed by atoms with van der Waals surface area (Å²) in [6.45, 7) is 0.861. The first-order valence-electron chi connectivity index (χ1n) is 8.80. The lowest BCUT2D eigenvalue weighted by Gasteiger charge is -2.31. The van der Waals surface area contributed by atoms with Crippen LogP contribution in [-0.2, 0) is 16.0 Å². The van der Waals surface area contributed by atoms with Gasteiger partial charge in [-0.3, -0.25) is 19.7 Å². The number of aliphatic hydroxyl groups is 1. The van der Waals surface area contributed by atoms with Gasteiger partial charge >= 0.3 is 0 Å². The molecule has 1 atom stereocenters. The Morgan fingerprint density at radius 2 is 2.26 bits per heavy atom. The molecule has 2 aromatic rings. The number of hydrogen-bond acceptors (Lipinski definition) is 6. The zero-order valence-electron chi connectivity index (χ0n) is 14.9. The van der Waals surface area contributed by atoms with Crippen molar-refractivity contribution in [1.29, 1.82) is 0 Å². The maximum Gasteiger partial charge on any atom is 0.269 e. The Morgan fingerprint density at radius 1 is 1.37 bits per heavy atom. The van der Waals surface area contributed by atoms with Gasteiger partial charge < -0.3 is 20.1 Å². The Bertz CT molecular complexity index is 752. The van der Waals surface area contributed by atoms with Crippen LogP contribution in [0.5, 0.6) is 0 Å². The highest BCUT2D eigenvalue weighted by atomic mass is 16.5. The van der Waals surface area contributed by atoms with E-state index in [9.17, 15) is 14.7 Å². The van der Waals surface area contributed by atoms with Crippen molar-refractivity contribution in [2.45, 2.75) is 18.4 Å². The van der Waals surface area contributed by atoms with Gasteiger partial charge in [0.1, 0.15) is 11.3 Å². The van der Waals surface area contributed by atoms with E-state index in [0.717, 1.165) is 5.56 Å². The minimum absolute atomic E-state index is 0.0305. The van der Waals surface area contributed by atoms with Crippen molar-refractivity contribution in [2.24, 2.45) is 0 Å². The van der Waals surface area contributed by atoms with Crippen LogP contribution in [0, 0.1) is 0 Å². The van der Waals surface area contributed by atoms with Crippen molar-refractivity contribution in [1.82, 2.24) is 25.4 Å². The standard InChI is InChI=1S/C18H23N5O4/c24-16(4-3-14-2-1-6-19-10-14)23-8-9-27-13-18(26,12-23)11-20-17(25)15-5-7-21-22-15/h1-2,5-7,10,26H,3-4,8-9,11-13H2,(H,20,25)(H,21,22)/t18-/m0/s1. The van der Waals surface area contributed by atoms with Crippen LogP contribution < -0.4 is 5.32 Å². The van der Waals surface area contributed by atoms with E-state index in [0.29, 0.717) is 31.7 Å². The quantitative estimate of drug-likeness (QED) is 0.643. The van der Waals surface area contributed by atoms with Crippen LogP contribution >= 0.6 is 0 Å². The summed E-state index contributed by atoms with van der Waals surface area (Å²) in [4.78, 5) is 30.2. The molecule has 27 heavy (non-hydrogen) atoms. The molecule has 0 bridgehead atoms. The number of ether oxygens (including phenoxy) is 1. The molecule has 0 aromatic carbocycles. The maximum absolute atomic E-state index is 12.6. The van der Waals surface area contributed by atoms with Crippen molar-refractivity contribution in [2.75, 3.05) is 32.8 Å². The first-order chi connectivity index (χ1) is 13.1. The van der Waals surface area contributed by atoms with Crippen molar-refractivity contribution in [3.63, 3.8) is 0 Å². The van der Waals surface area contributed by atoms with E-state index in [2.05, 4.69) is 20.5 Å². The zero-order chi connectivity index (χ0) is 19.1. The minimum Gasteiger partial charge on any atom is -0.384 e. The lowest BCUT2D eigenvalue weighted by atomic mass is 10.0. The number of amides is 2. The monoisotopic (exact) mass is 373 g/mol. The van der Waals surface area contributed by atoms with Gasteiger partial charge in [0, 0.05) is 31.6 Å². The average molecular weight is 373 g/mol. The summed E-state index contributed by atoms with van der Waals surface area (Å²) in [5, 5.41) is 19.8. The molecular weight excluding hydrogens is 350 g/mol. The molecule has 0 saturated carbocycles. The molecule has 1 aliphatic rings. The van der Waals surface area contributed by atoms with E-state index in [1.54, 1.807) is 17.3 Å². The van der Waals surface area contributed by atoms with Crippen LogP contribution in [-0.4, -0.2) is 75.5 Å². The van der Waals surface area contributed by atoms with E-state index < -0.39 is 5.60 Å². The molecule has 3 rings (SSSR count). The van der Waals surface area contributed by atoms with Gasteiger partial charge in [-0.05, 0) is 24.1 Å². The number of carbonyl (C=O) groups excluding carboxylic acids is 2. The fraction of sp³-hybridized carbons (Fsp3) is 0.444. The van der Waals surface area contributed by atoms with E-state index in [-0.39, 0.29) is 31.5 Å². The molecule has 2 amide bonds. The highest BCUT2D eigenvalue weighted by Gasteiger charge is 2.34. The molecular formula is C18H23N5O4. The first kappa shape index (κ1) is 19.0. The Labute approximate surface area is 156 Å². The highest BCUT2D eigenvalue weighted by Crippen LogP contribution is 2.14. The summed E-state index contributed by atoms with van der Waals surface area (Å²) in [5.74, 6) is -0.442. The number of aromatic nitrogens is 3. The van der Waals surface area contributed by atoms with Crippen LogP contribution in [0.15, 0.2) is 36.8 Å². The van der Waals surface area contributed by atoms with Gasteiger partial charge in [-0.15, -0.1) is 0 Å². The van der Waals surface area contributed by atoms with Crippen molar-refractivity contribution in [3.05, 3.63) is 48.0 Å². The van der Waals surface area contributed by atoms with Gasteiger partial charge in [-0.1, -0.05) is 6.07 Å². The summed E-state index contributed by atoms with van der Waals surface area (Å²) in [5.41, 5.74) is -0.0626. The lowest BCUT2D eigenvalue weighted by molar-refractivity contribution is -0.133. The Balaban J connectivity index is 1.55. The molecule has 9 nitrogen and oxygen atoms in total. The molecule has 3 heterocycles. The second kappa shape index (κ2) is 8.74. The molecule has 2 aromatic heterocycles. The summed E-state index contributed by atoms with van der Waals surface area (Å²) in [7, 11) is 0. The summed E-state index contributed by atoms with van der Waals surface area (Å²) >= 11 is 0. The molecule has 144 valence electrons. The average Bonchev–Trinajstić information content (AvgIpc) is 3.15. The number of nitrogens with zero attached hydrogens (tertiary/aromatic N) is 3. The number of hydrogen-bond donors (Lipinski definition) is 3. The van der Waals surface area contributed by atoms with Crippen LogP contribution in [0.25, 0.3) is 0 Å². The fourth-order valence-corrected chi connectivity index (χ4v) is 2.91. The number of aryl methyl sites for hydroxylation is 1. The molecule has 9 heteroatoms. The van der Waals surface area contributed by atoms with Crippen LogP contribution in [0.2, 0.25) is 0 Å². The predicted molar refractivity (Wildman–Crippen MR) is 95.8 cm³/mol. The molecule has 0 aliphatic carbocycles. The summed E-state index contributed by atoms with van der Waals surface area (Å²) < 4.78 is 5.45. The Kier molecular flexibility index (Phi) is 6.15. The molecule has 0 radical (unpaired) electrons. The van der Waals surface area contributed by atoms with E-state index in [1.807, 2.05) is 12.1 Å². The van der Waals surface area contributed by atoms with Gasteiger partial charge in [0.15, 0.2) is 0 Å². The SMILES string of the molecule is O=C(NC[C@@]1(O)COCCN(C(=O)CCc2cccnc2)C1)c1ccn[nH]1. The number of nitrogens with one attached hydrogen (secondary N) is 2. The maximum atomic E-state index is 12.6. The molecule has 0 spiro atoms. The number of carbonyl (C=O) groups is 2. The normalized spacial score (nSPS) is 20.1. The second-order valence-electron chi connectivity index (χ2n) is 6.61. The molecule has 1 fully saturated rings. The van der Waals surface area contributed by atoms with Crippen molar-refractivity contribution in [3.8, 4) is 0 Å². The predicted octanol–water partition coefficient (Wildman–Crippen LogP) is -0.243. The smallest absolute Gasteiger partial charge is 0.269 e. The topological polar surface area (TPSA) is 120 Å². The summed E-state index contributed by atoms with van der Waals surface area (Å²) in [6, 6.07) is 5.30. The fourth-order valence-electron chi connectivity index (χ4n) is 2.91. The Morgan fingerprint density at radius 3 is 3.00 bits per heavy atom. The van der Waals surface area contributed by atoms with Crippen molar-refractivity contribution >= 4 is 11.8 Å².